The standard InChI is InChI=1S/C15H21NO5/c1-11(15(18)19)10-16(7-8-20-2)14(17)12-5-4-6-13(9-12)21-3/h4-6,9,11H,7-8,10H2,1-3H3,(H,18,19). The molecule has 0 radical (unpaired) electrons. The Kier molecular flexibility index (Phi) is 6.68. The summed E-state index contributed by atoms with van der Waals surface area (Å²) in [6.07, 6.45) is 0. The molecule has 1 atom stereocenters. The Balaban J connectivity index is 2.89. The molecule has 1 amide bonds. The summed E-state index contributed by atoms with van der Waals surface area (Å²) < 4.78 is 10.1. The predicted octanol–water partition coefficient (Wildman–Crippen LogP) is 1.50. The number of amides is 1. The molecule has 0 saturated heterocycles. The summed E-state index contributed by atoms with van der Waals surface area (Å²) in [5.74, 6) is -1.23. The maximum Gasteiger partial charge on any atom is 0.308 e. The van der Waals surface area contributed by atoms with E-state index in [1.807, 2.05) is 0 Å². The molecule has 0 aliphatic rings. The zero-order valence-electron chi connectivity index (χ0n) is 12.5. The van der Waals surface area contributed by atoms with Gasteiger partial charge in [0.1, 0.15) is 5.75 Å². The lowest BCUT2D eigenvalue weighted by atomic mass is 10.1. The molecule has 0 aromatic heterocycles. The first-order chi connectivity index (χ1) is 9.99. The number of rotatable bonds is 8. The van der Waals surface area contributed by atoms with Crippen LogP contribution in [0.4, 0.5) is 0 Å². The molecule has 0 aliphatic carbocycles. The highest BCUT2D eigenvalue weighted by molar-refractivity contribution is 5.94. The third-order valence-electron chi connectivity index (χ3n) is 3.09. The van der Waals surface area contributed by atoms with Gasteiger partial charge in [-0.05, 0) is 18.2 Å². The SMILES string of the molecule is COCCN(CC(C)C(=O)O)C(=O)c1cccc(OC)c1. The van der Waals surface area contributed by atoms with Gasteiger partial charge in [-0.25, -0.2) is 0 Å². The first-order valence-electron chi connectivity index (χ1n) is 6.64. The molecular weight excluding hydrogens is 274 g/mol. The molecular formula is C15H21NO5. The lowest BCUT2D eigenvalue weighted by Crippen LogP contribution is -2.39. The number of hydrogen-bond donors (Lipinski definition) is 1. The number of nitrogens with zero attached hydrogens (tertiary/aromatic N) is 1. The second kappa shape index (κ2) is 8.26. The van der Waals surface area contributed by atoms with Crippen LogP contribution in [0.5, 0.6) is 5.75 Å². The van der Waals surface area contributed by atoms with Crippen LogP contribution in [0.15, 0.2) is 24.3 Å². The highest BCUT2D eigenvalue weighted by Crippen LogP contribution is 2.15. The van der Waals surface area contributed by atoms with Gasteiger partial charge < -0.3 is 19.5 Å². The van der Waals surface area contributed by atoms with E-state index in [1.165, 1.54) is 19.1 Å². The monoisotopic (exact) mass is 295 g/mol. The molecule has 1 unspecified atom stereocenters. The van der Waals surface area contributed by atoms with Crippen LogP contribution in [0.3, 0.4) is 0 Å². The van der Waals surface area contributed by atoms with Crippen LogP contribution in [0, 0.1) is 5.92 Å². The van der Waals surface area contributed by atoms with Crippen molar-refractivity contribution in [1.29, 1.82) is 0 Å². The van der Waals surface area contributed by atoms with E-state index in [9.17, 15) is 9.59 Å². The maximum atomic E-state index is 12.5. The molecule has 0 heterocycles. The van der Waals surface area contributed by atoms with Crippen molar-refractivity contribution >= 4 is 11.9 Å². The fourth-order valence-corrected chi connectivity index (χ4v) is 1.82. The summed E-state index contributed by atoms with van der Waals surface area (Å²) >= 11 is 0. The number of benzene rings is 1. The van der Waals surface area contributed by atoms with Gasteiger partial charge in [0.05, 0.1) is 19.6 Å². The minimum Gasteiger partial charge on any atom is -0.497 e. The summed E-state index contributed by atoms with van der Waals surface area (Å²) in [6, 6.07) is 6.78. The molecule has 0 fully saturated rings. The Morgan fingerprint density at radius 1 is 1.33 bits per heavy atom. The van der Waals surface area contributed by atoms with Gasteiger partial charge in [0.25, 0.3) is 5.91 Å². The number of carbonyl (C=O) groups is 2. The number of carboxylic acids is 1. The van der Waals surface area contributed by atoms with Gasteiger partial charge in [0.15, 0.2) is 0 Å². The molecule has 0 aliphatic heterocycles. The van der Waals surface area contributed by atoms with Crippen LogP contribution >= 0.6 is 0 Å². The summed E-state index contributed by atoms with van der Waals surface area (Å²) in [7, 11) is 3.06. The van der Waals surface area contributed by atoms with E-state index in [1.54, 1.807) is 31.2 Å². The number of aliphatic carboxylic acids is 1. The number of carbonyl (C=O) groups excluding carboxylic acids is 1. The second-order valence-corrected chi connectivity index (χ2v) is 4.72. The topological polar surface area (TPSA) is 76.1 Å². The Hall–Kier alpha value is -2.08. The number of hydrogen-bond acceptors (Lipinski definition) is 4. The van der Waals surface area contributed by atoms with Crippen molar-refractivity contribution in [3.05, 3.63) is 29.8 Å². The highest BCUT2D eigenvalue weighted by Gasteiger charge is 2.21. The molecule has 1 N–H and O–H groups in total. The third-order valence-corrected chi connectivity index (χ3v) is 3.09. The van der Waals surface area contributed by atoms with Gasteiger partial charge in [-0.15, -0.1) is 0 Å². The van der Waals surface area contributed by atoms with Crippen molar-refractivity contribution in [2.45, 2.75) is 6.92 Å². The Bertz CT molecular complexity index is 489. The number of carboxylic acid groups (broad SMARTS) is 1. The van der Waals surface area contributed by atoms with Crippen molar-refractivity contribution in [2.24, 2.45) is 5.92 Å². The van der Waals surface area contributed by atoms with Gasteiger partial charge >= 0.3 is 5.97 Å². The van der Waals surface area contributed by atoms with E-state index < -0.39 is 11.9 Å². The highest BCUT2D eigenvalue weighted by atomic mass is 16.5. The Morgan fingerprint density at radius 2 is 2.05 bits per heavy atom. The number of ether oxygens (including phenoxy) is 2. The number of methoxy groups -OCH3 is 2. The summed E-state index contributed by atoms with van der Waals surface area (Å²) in [5, 5.41) is 9.00. The average molecular weight is 295 g/mol. The fourth-order valence-electron chi connectivity index (χ4n) is 1.82. The van der Waals surface area contributed by atoms with Crippen LogP contribution < -0.4 is 4.74 Å². The first-order valence-corrected chi connectivity index (χ1v) is 6.64. The van der Waals surface area contributed by atoms with E-state index in [4.69, 9.17) is 14.6 Å². The molecule has 6 heteroatoms. The molecule has 0 bridgehead atoms. The normalized spacial score (nSPS) is 11.8. The van der Waals surface area contributed by atoms with Crippen LogP contribution in [-0.4, -0.2) is 55.8 Å². The summed E-state index contributed by atoms with van der Waals surface area (Å²) in [4.78, 5) is 25.0. The maximum absolute atomic E-state index is 12.5. The smallest absolute Gasteiger partial charge is 0.308 e. The van der Waals surface area contributed by atoms with Crippen molar-refractivity contribution in [1.82, 2.24) is 4.90 Å². The van der Waals surface area contributed by atoms with Gasteiger partial charge in [0.2, 0.25) is 0 Å². The second-order valence-electron chi connectivity index (χ2n) is 4.72. The molecule has 0 saturated carbocycles. The summed E-state index contributed by atoms with van der Waals surface area (Å²) in [5.41, 5.74) is 0.461. The third kappa shape index (κ3) is 5.07. The van der Waals surface area contributed by atoms with E-state index in [2.05, 4.69) is 0 Å². The van der Waals surface area contributed by atoms with Gasteiger partial charge in [0, 0.05) is 25.8 Å². The molecule has 1 aromatic rings. The Labute approximate surface area is 124 Å². The van der Waals surface area contributed by atoms with Gasteiger partial charge in [-0.2, -0.15) is 0 Å². The molecule has 0 spiro atoms. The fraction of sp³-hybridized carbons (Fsp3) is 0.467. The van der Waals surface area contributed by atoms with Crippen molar-refractivity contribution in [2.75, 3.05) is 33.9 Å². The van der Waals surface area contributed by atoms with Crippen molar-refractivity contribution in [3.8, 4) is 5.75 Å². The zero-order valence-corrected chi connectivity index (χ0v) is 12.5. The van der Waals surface area contributed by atoms with Crippen LogP contribution in [0.1, 0.15) is 17.3 Å². The van der Waals surface area contributed by atoms with Crippen LogP contribution in [0.2, 0.25) is 0 Å². The molecule has 6 nitrogen and oxygen atoms in total. The van der Waals surface area contributed by atoms with Crippen LogP contribution in [-0.2, 0) is 9.53 Å². The zero-order chi connectivity index (χ0) is 15.8. The largest absolute Gasteiger partial charge is 0.497 e. The van der Waals surface area contributed by atoms with E-state index in [0.717, 1.165) is 0 Å². The minimum atomic E-state index is -0.934. The van der Waals surface area contributed by atoms with E-state index >= 15 is 0 Å². The van der Waals surface area contributed by atoms with E-state index in [-0.39, 0.29) is 12.5 Å². The minimum absolute atomic E-state index is 0.134. The predicted molar refractivity (Wildman–Crippen MR) is 77.6 cm³/mol. The quantitative estimate of drug-likeness (QED) is 0.786. The van der Waals surface area contributed by atoms with E-state index in [0.29, 0.717) is 24.5 Å². The lowest BCUT2D eigenvalue weighted by molar-refractivity contribution is -0.141. The lowest BCUT2D eigenvalue weighted by Gasteiger charge is -2.24. The molecule has 1 rings (SSSR count). The first kappa shape index (κ1) is 17.0. The summed E-state index contributed by atoms with van der Waals surface area (Å²) in [6.45, 7) is 2.39. The van der Waals surface area contributed by atoms with Crippen molar-refractivity contribution < 1.29 is 24.2 Å². The molecule has 21 heavy (non-hydrogen) atoms. The Morgan fingerprint density at radius 3 is 2.62 bits per heavy atom. The molecule has 1 aromatic carbocycles. The average Bonchev–Trinajstić information content (AvgIpc) is 2.50. The van der Waals surface area contributed by atoms with Crippen LogP contribution in [0.25, 0.3) is 0 Å². The van der Waals surface area contributed by atoms with Gasteiger partial charge in [-0.1, -0.05) is 13.0 Å². The van der Waals surface area contributed by atoms with Gasteiger partial charge in [-0.3, -0.25) is 9.59 Å². The van der Waals surface area contributed by atoms with Crippen molar-refractivity contribution in [3.63, 3.8) is 0 Å². The molecule has 116 valence electrons.